The van der Waals surface area contributed by atoms with Crippen molar-refractivity contribution in [2.75, 3.05) is 24.4 Å². The van der Waals surface area contributed by atoms with Gasteiger partial charge in [-0.15, -0.1) is 0 Å². The Bertz CT molecular complexity index is 1710. The van der Waals surface area contributed by atoms with Gasteiger partial charge in [-0.1, -0.05) is 42.5 Å². The van der Waals surface area contributed by atoms with Crippen molar-refractivity contribution in [3.05, 3.63) is 113 Å². The third-order valence-electron chi connectivity index (χ3n) is 6.71. The summed E-state index contributed by atoms with van der Waals surface area (Å²) in [6, 6.07) is 25.8. The second-order valence-electron chi connectivity index (χ2n) is 9.57. The van der Waals surface area contributed by atoms with Crippen molar-refractivity contribution in [1.82, 2.24) is 9.97 Å². The van der Waals surface area contributed by atoms with Crippen molar-refractivity contribution in [3.63, 3.8) is 0 Å². The van der Waals surface area contributed by atoms with E-state index in [4.69, 9.17) is 15.2 Å². The van der Waals surface area contributed by atoms with Gasteiger partial charge in [0, 0.05) is 12.6 Å². The number of nitrogens with two attached hydrogens (primary N) is 1. The molecule has 0 saturated heterocycles. The van der Waals surface area contributed by atoms with Crippen LogP contribution >= 0.6 is 0 Å². The summed E-state index contributed by atoms with van der Waals surface area (Å²) in [6.45, 7) is 2.58. The van der Waals surface area contributed by atoms with Crippen molar-refractivity contribution in [3.8, 4) is 11.5 Å². The number of carbonyl (C=O) groups excluding carboxylic acids is 2. The maximum Gasteiger partial charge on any atom is 0.258 e. The highest BCUT2D eigenvalue weighted by Gasteiger charge is 2.21. The average Bonchev–Trinajstić information content (AvgIpc) is 3.44. The van der Waals surface area contributed by atoms with E-state index >= 15 is 0 Å². The lowest BCUT2D eigenvalue weighted by molar-refractivity contribution is 0.0990. The predicted octanol–water partition coefficient (Wildman–Crippen LogP) is 5.45. The van der Waals surface area contributed by atoms with Crippen molar-refractivity contribution in [1.29, 1.82) is 0 Å². The molecule has 0 fully saturated rings. The summed E-state index contributed by atoms with van der Waals surface area (Å²) in [4.78, 5) is 35.8. The van der Waals surface area contributed by atoms with Crippen LogP contribution in [0, 0.1) is 6.92 Å². The number of nitrogens with zero attached hydrogens (tertiary/aromatic N) is 2. The number of para-hydroxylation sites is 1. The molecule has 41 heavy (non-hydrogen) atoms. The third kappa shape index (κ3) is 5.90. The number of hydrogen-bond donors (Lipinski definition) is 3. The number of carbonyl (C=O) groups is 2. The van der Waals surface area contributed by atoms with Crippen LogP contribution < -0.4 is 25.4 Å². The molecule has 0 saturated carbocycles. The van der Waals surface area contributed by atoms with E-state index in [1.807, 2.05) is 61.5 Å². The molecule has 2 amide bonds. The third-order valence-corrected chi connectivity index (χ3v) is 6.71. The lowest BCUT2D eigenvalue weighted by Crippen LogP contribution is -2.27. The smallest absolute Gasteiger partial charge is 0.258 e. The van der Waals surface area contributed by atoms with E-state index < -0.39 is 0 Å². The minimum absolute atomic E-state index is 0.233. The number of methoxy groups -OCH3 is 1. The topological polar surface area (TPSA) is 123 Å². The summed E-state index contributed by atoms with van der Waals surface area (Å²) in [7, 11) is 3.19. The highest BCUT2D eigenvalue weighted by molar-refractivity contribution is 6.12. The highest BCUT2D eigenvalue weighted by atomic mass is 16.5. The zero-order valence-corrected chi connectivity index (χ0v) is 23.1. The van der Waals surface area contributed by atoms with Crippen molar-refractivity contribution < 1.29 is 19.1 Å². The first-order valence-electron chi connectivity index (χ1n) is 13.1. The van der Waals surface area contributed by atoms with Gasteiger partial charge in [0.05, 0.1) is 36.1 Å². The van der Waals surface area contributed by atoms with Crippen LogP contribution in [0.3, 0.4) is 0 Å². The number of aromatic nitrogens is 2. The zero-order chi connectivity index (χ0) is 28.9. The summed E-state index contributed by atoms with van der Waals surface area (Å²) in [6.07, 6.45) is 0. The monoisotopic (exact) mass is 549 g/mol. The number of amides is 2. The maximum absolute atomic E-state index is 13.6. The summed E-state index contributed by atoms with van der Waals surface area (Å²) in [5.74, 6) is 0.919. The summed E-state index contributed by atoms with van der Waals surface area (Å²) < 4.78 is 11.7. The molecule has 0 spiro atoms. The minimum Gasteiger partial charge on any atom is -0.495 e. The van der Waals surface area contributed by atoms with Gasteiger partial charge in [-0.25, -0.2) is 4.98 Å². The first-order valence-corrected chi connectivity index (χ1v) is 13.1. The fourth-order valence-electron chi connectivity index (χ4n) is 4.53. The Labute approximate surface area is 237 Å². The molecule has 0 atom stereocenters. The Morgan fingerprint density at radius 1 is 0.976 bits per heavy atom. The molecule has 0 radical (unpaired) electrons. The van der Waals surface area contributed by atoms with Gasteiger partial charge in [-0.2, -0.15) is 0 Å². The van der Waals surface area contributed by atoms with Crippen molar-refractivity contribution in [2.45, 2.75) is 20.1 Å². The standard InChI is InChI=1S/C32H31N5O4/c1-20-12-15-26(28(16-20)41-19-21-8-5-4-6-9-21)37(2)32(39)22-13-14-24(27(17-22)40-3)35-31(38)23-10-7-11-25-30(23)36-29(18-33)34-25/h4-17H,18-19,33H2,1-3H3,(H,34,36)(H,35,38). The number of ether oxygens (including phenoxy) is 2. The summed E-state index contributed by atoms with van der Waals surface area (Å²) in [5, 5.41) is 2.88. The van der Waals surface area contributed by atoms with Crippen LogP contribution in [0.25, 0.3) is 11.0 Å². The molecule has 0 aliphatic heterocycles. The quantitative estimate of drug-likeness (QED) is 0.225. The number of nitrogens with one attached hydrogen (secondary N) is 2. The Balaban J connectivity index is 1.36. The number of fused-ring (bicyclic) bond motifs is 1. The molecular weight excluding hydrogens is 518 g/mol. The minimum atomic E-state index is -0.361. The molecule has 5 aromatic rings. The fraction of sp³-hybridized carbons (Fsp3) is 0.156. The van der Waals surface area contributed by atoms with Gasteiger partial charge in [0.25, 0.3) is 11.8 Å². The Morgan fingerprint density at radius 2 is 1.78 bits per heavy atom. The number of aryl methyl sites for hydroxylation is 1. The van der Waals surface area contributed by atoms with Gasteiger partial charge in [-0.3, -0.25) is 9.59 Å². The average molecular weight is 550 g/mol. The van der Waals surface area contributed by atoms with Crippen LogP contribution in [0.5, 0.6) is 11.5 Å². The SMILES string of the molecule is COc1cc(C(=O)N(C)c2ccc(C)cc2OCc2ccccc2)ccc1NC(=O)c1cccc2[nH]c(CN)nc12. The normalized spacial score (nSPS) is 10.8. The van der Waals surface area contributed by atoms with Crippen LogP contribution in [-0.2, 0) is 13.2 Å². The largest absolute Gasteiger partial charge is 0.495 e. The second-order valence-corrected chi connectivity index (χ2v) is 9.57. The van der Waals surface area contributed by atoms with Crippen LogP contribution in [-0.4, -0.2) is 35.9 Å². The summed E-state index contributed by atoms with van der Waals surface area (Å²) >= 11 is 0. The van der Waals surface area contributed by atoms with E-state index in [-0.39, 0.29) is 18.4 Å². The molecule has 0 aliphatic carbocycles. The number of imidazole rings is 1. The molecule has 9 heteroatoms. The Kier molecular flexibility index (Phi) is 7.98. The lowest BCUT2D eigenvalue weighted by Gasteiger charge is -2.22. The number of aromatic amines is 1. The molecule has 4 aromatic carbocycles. The first kappa shape index (κ1) is 27.4. The van der Waals surface area contributed by atoms with Gasteiger partial charge in [0.2, 0.25) is 0 Å². The Hall–Kier alpha value is -5.15. The predicted molar refractivity (Wildman–Crippen MR) is 160 cm³/mol. The van der Waals surface area contributed by atoms with Gasteiger partial charge in [0.1, 0.15) is 29.4 Å². The molecule has 4 N–H and O–H groups in total. The molecule has 0 aliphatic rings. The van der Waals surface area contributed by atoms with Gasteiger partial charge >= 0.3 is 0 Å². The number of rotatable bonds is 9. The van der Waals surface area contributed by atoms with Crippen molar-refractivity contribution >= 4 is 34.2 Å². The van der Waals surface area contributed by atoms with E-state index in [9.17, 15) is 9.59 Å². The highest BCUT2D eigenvalue weighted by Crippen LogP contribution is 2.32. The second kappa shape index (κ2) is 11.9. The van der Waals surface area contributed by atoms with E-state index in [0.29, 0.717) is 51.9 Å². The zero-order valence-electron chi connectivity index (χ0n) is 23.1. The van der Waals surface area contributed by atoms with Crippen LogP contribution in [0.4, 0.5) is 11.4 Å². The van der Waals surface area contributed by atoms with Gasteiger partial charge in [-0.05, 0) is 60.5 Å². The Morgan fingerprint density at radius 3 is 2.54 bits per heavy atom. The molecule has 0 bridgehead atoms. The van der Waals surface area contributed by atoms with E-state index in [1.54, 1.807) is 42.3 Å². The van der Waals surface area contributed by atoms with E-state index in [2.05, 4.69) is 15.3 Å². The van der Waals surface area contributed by atoms with Crippen LogP contribution in [0.2, 0.25) is 0 Å². The summed E-state index contributed by atoms with van der Waals surface area (Å²) in [5.41, 5.74) is 10.8. The van der Waals surface area contributed by atoms with E-state index in [1.165, 1.54) is 7.11 Å². The van der Waals surface area contributed by atoms with Crippen LogP contribution in [0.1, 0.15) is 37.7 Å². The number of hydrogen-bond acceptors (Lipinski definition) is 6. The molecule has 1 aromatic heterocycles. The molecular formula is C32H31N5O4. The van der Waals surface area contributed by atoms with Gasteiger partial charge in [0.15, 0.2) is 0 Å². The molecule has 5 rings (SSSR count). The van der Waals surface area contributed by atoms with Crippen LogP contribution in [0.15, 0.2) is 84.9 Å². The number of benzene rings is 4. The van der Waals surface area contributed by atoms with Gasteiger partial charge < -0.3 is 30.4 Å². The van der Waals surface area contributed by atoms with E-state index in [0.717, 1.165) is 16.6 Å². The number of anilines is 2. The lowest BCUT2D eigenvalue weighted by atomic mass is 10.1. The van der Waals surface area contributed by atoms with Crippen molar-refractivity contribution in [2.24, 2.45) is 5.73 Å². The molecule has 208 valence electrons. The maximum atomic E-state index is 13.6. The number of H-pyrrole nitrogens is 1. The molecule has 9 nitrogen and oxygen atoms in total. The molecule has 0 unspecified atom stereocenters. The first-order chi connectivity index (χ1) is 19.9. The molecule has 1 heterocycles. The fourth-order valence-corrected chi connectivity index (χ4v) is 4.53.